The fraction of sp³-hybridized carbons (Fsp3) is 0.250. The average molecular weight is 419 g/mol. The van der Waals surface area contributed by atoms with Gasteiger partial charge in [-0.05, 0) is 25.1 Å². The van der Waals surface area contributed by atoms with E-state index in [1.807, 2.05) is 36.4 Å². The lowest BCUT2D eigenvalue weighted by Crippen LogP contribution is -2.09. The normalized spacial score (nSPS) is 10.7. The molecule has 0 fully saturated rings. The Bertz CT molecular complexity index is 916. The third-order valence-corrected chi connectivity index (χ3v) is 4.36. The Morgan fingerprint density at radius 3 is 2.73 bits per heavy atom. The molecule has 2 aromatic carbocycles. The fourth-order valence-corrected chi connectivity index (χ4v) is 3.14. The van der Waals surface area contributed by atoms with Crippen LogP contribution in [0.1, 0.15) is 18.1 Å². The third kappa shape index (κ3) is 4.02. The second kappa shape index (κ2) is 8.27. The summed E-state index contributed by atoms with van der Waals surface area (Å²) in [5.74, 6) is 1.03. The highest BCUT2D eigenvalue weighted by molar-refractivity contribution is 9.10. The van der Waals surface area contributed by atoms with Crippen LogP contribution in [0.5, 0.6) is 11.5 Å². The van der Waals surface area contributed by atoms with E-state index in [1.54, 1.807) is 20.3 Å². The van der Waals surface area contributed by atoms with Crippen LogP contribution in [-0.2, 0) is 22.6 Å². The lowest BCUT2D eigenvalue weighted by atomic mass is 10.1. The maximum Gasteiger partial charge on any atom is 0.310 e. The first-order valence-corrected chi connectivity index (χ1v) is 9.01. The first-order valence-electron chi connectivity index (χ1n) is 8.22. The van der Waals surface area contributed by atoms with Gasteiger partial charge in [0.15, 0.2) is 11.3 Å². The summed E-state index contributed by atoms with van der Waals surface area (Å²) in [6.45, 7) is 2.46. The Kier molecular flexibility index (Phi) is 5.83. The van der Waals surface area contributed by atoms with E-state index < -0.39 is 0 Å². The number of ether oxygens (including phenoxy) is 3. The molecule has 0 amide bonds. The van der Waals surface area contributed by atoms with E-state index in [0.717, 1.165) is 21.0 Å². The van der Waals surface area contributed by atoms with Crippen LogP contribution in [0.2, 0.25) is 0 Å². The Hall–Kier alpha value is -2.47. The number of hydrogen-bond acceptors (Lipinski definition) is 5. The zero-order chi connectivity index (χ0) is 18.5. The molecule has 0 saturated heterocycles. The number of methoxy groups -OCH3 is 1. The third-order valence-electron chi connectivity index (χ3n) is 3.90. The molecular weight excluding hydrogens is 400 g/mol. The van der Waals surface area contributed by atoms with Crippen molar-refractivity contribution in [2.75, 3.05) is 13.7 Å². The van der Waals surface area contributed by atoms with Gasteiger partial charge in [-0.1, -0.05) is 34.1 Å². The van der Waals surface area contributed by atoms with Gasteiger partial charge in [0.1, 0.15) is 12.4 Å². The number of benzene rings is 2. The summed E-state index contributed by atoms with van der Waals surface area (Å²) >= 11 is 3.48. The topological polar surface area (TPSA) is 57.9 Å². The quantitative estimate of drug-likeness (QED) is 0.511. The number of carbonyl (C=O) groups excluding carboxylic acids is 1. The van der Waals surface area contributed by atoms with Crippen molar-refractivity contribution in [3.8, 4) is 11.5 Å². The van der Waals surface area contributed by atoms with Crippen molar-refractivity contribution in [1.29, 1.82) is 0 Å². The maximum atomic E-state index is 11.8. The van der Waals surface area contributed by atoms with Crippen molar-refractivity contribution in [2.45, 2.75) is 20.0 Å². The Balaban J connectivity index is 1.81. The molecule has 0 saturated carbocycles. The molecule has 6 heteroatoms. The number of rotatable bonds is 7. The van der Waals surface area contributed by atoms with E-state index in [2.05, 4.69) is 15.9 Å². The molecule has 0 radical (unpaired) electrons. The number of furan rings is 1. The first-order chi connectivity index (χ1) is 12.6. The molecule has 0 atom stereocenters. The monoisotopic (exact) mass is 418 g/mol. The molecule has 0 aliphatic carbocycles. The minimum Gasteiger partial charge on any atom is -0.493 e. The molecule has 26 heavy (non-hydrogen) atoms. The van der Waals surface area contributed by atoms with Gasteiger partial charge in [-0.2, -0.15) is 0 Å². The maximum absolute atomic E-state index is 11.8. The van der Waals surface area contributed by atoms with Crippen molar-refractivity contribution in [3.63, 3.8) is 0 Å². The summed E-state index contributed by atoms with van der Waals surface area (Å²) in [6.07, 6.45) is 1.84. The minimum absolute atomic E-state index is 0.176. The van der Waals surface area contributed by atoms with Gasteiger partial charge in [0.25, 0.3) is 0 Å². The van der Waals surface area contributed by atoms with Gasteiger partial charge in [0.2, 0.25) is 0 Å². The van der Waals surface area contributed by atoms with Gasteiger partial charge >= 0.3 is 5.97 Å². The van der Waals surface area contributed by atoms with Gasteiger partial charge < -0.3 is 18.6 Å². The van der Waals surface area contributed by atoms with Crippen LogP contribution in [0.25, 0.3) is 11.0 Å². The molecule has 5 nitrogen and oxygen atoms in total. The Morgan fingerprint density at radius 1 is 1.15 bits per heavy atom. The van der Waals surface area contributed by atoms with E-state index in [0.29, 0.717) is 30.3 Å². The van der Waals surface area contributed by atoms with Crippen molar-refractivity contribution in [1.82, 2.24) is 0 Å². The number of fused-ring (bicyclic) bond motifs is 1. The summed E-state index contributed by atoms with van der Waals surface area (Å²) in [5.41, 5.74) is 2.36. The first kappa shape index (κ1) is 18.3. The van der Waals surface area contributed by atoms with Crippen molar-refractivity contribution >= 4 is 32.9 Å². The highest BCUT2D eigenvalue weighted by Crippen LogP contribution is 2.34. The zero-order valence-electron chi connectivity index (χ0n) is 14.6. The van der Waals surface area contributed by atoms with Crippen LogP contribution < -0.4 is 9.47 Å². The van der Waals surface area contributed by atoms with E-state index in [4.69, 9.17) is 18.6 Å². The van der Waals surface area contributed by atoms with Gasteiger partial charge in [-0.15, -0.1) is 0 Å². The SMILES string of the molecule is CCOC(=O)Cc1ccccc1OCc1coc2c(OC)cc(Br)cc12. The number of carbonyl (C=O) groups is 1. The number of esters is 1. The Morgan fingerprint density at radius 2 is 1.96 bits per heavy atom. The molecule has 0 aliphatic rings. The van der Waals surface area contributed by atoms with E-state index >= 15 is 0 Å². The molecule has 0 aliphatic heterocycles. The van der Waals surface area contributed by atoms with E-state index in [9.17, 15) is 4.79 Å². The zero-order valence-corrected chi connectivity index (χ0v) is 16.2. The number of halogens is 1. The van der Waals surface area contributed by atoms with Gasteiger partial charge in [-0.3, -0.25) is 4.79 Å². The standard InChI is InChI=1S/C20H19BrO5/c1-3-24-19(22)8-13-6-4-5-7-17(13)25-11-14-12-26-20-16(14)9-15(21)10-18(20)23-2/h4-7,9-10,12H,3,8,11H2,1-2H3. The number of hydrogen-bond donors (Lipinski definition) is 0. The Labute approximate surface area is 160 Å². The number of para-hydroxylation sites is 1. The smallest absolute Gasteiger partial charge is 0.310 e. The molecule has 1 aromatic heterocycles. The summed E-state index contributed by atoms with van der Waals surface area (Å²) in [4.78, 5) is 11.8. The molecule has 136 valence electrons. The largest absolute Gasteiger partial charge is 0.493 e. The van der Waals surface area contributed by atoms with Crippen molar-refractivity contribution in [2.24, 2.45) is 0 Å². The fourth-order valence-electron chi connectivity index (χ4n) is 2.70. The van der Waals surface area contributed by atoms with E-state index in [1.165, 1.54) is 0 Å². The van der Waals surface area contributed by atoms with Crippen LogP contribution >= 0.6 is 15.9 Å². The molecular formula is C20H19BrO5. The minimum atomic E-state index is -0.272. The molecule has 3 rings (SSSR count). The summed E-state index contributed by atoms with van der Waals surface area (Å²) in [6, 6.07) is 11.3. The molecule has 0 bridgehead atoms. The molecule has 0 unspecified atom stereocenters. The van der Waals surface area contributed by atoms with Gasteiger partial charge in [-0.25, -0.2) is 0 Å². The van der Waals surface area contributed by atoms with Crippen LogP contribution in [0.15, 0.2) is 51.6 Å². The predicted octanol–water partition coefficient (Wildman–Crippen LogP) is 4.89. The van der Waals surface area contributed by atoms with Crippen LogP contribution in [-0.4, -0.2) is 19.7 Å². The highest BCUT2D eigenvalue weighted by Gasteiger charge is 2.14. The highest BCUT2D eigenvalue weighted by atomic mass is 79.9. The molecule has 1 heterocycles. The molecule has 3 aromatic rings. The lowest BCUT2D eigenvalue weighted by Gasteiger charge is -2.11. The van der Waals surface area contributed by atoms with Gasteiger partial charge in [0, 0.05) is 21.0 Å². The van der Waals surface area contributed by atoms with Crippen molar-refractivity contribution in [3.05, 3.63) is 58.3 Å². The van der Waals surface area contributed by atoms with Crippen LogP contribution in [0.3, 0.4) is 0 Å². The second-order valence-corrected chi connectivity index (χ2v) is 6.54. The predicted molar refractivity (Wildman–Crippen MR) is 102 cm³/mol. The summed E-state index contributed by atoms with van der Waals surface area (Å²) in [5, 5.41) is 0.916. The second-order valence-electron chi connectivity index (χ2n) is 5.62. The van der Waals surface area contributed by atoms with Crippen LogP contribution in [0.4, 0.5) is 0 Å². The molecule has 0 N–H and O–H groups in total. The summed E-state index contributed by atoms with van der Waals surface area (Å²) in [7, 11) is 1.60. The van der Waals surface area contributed by atoms with Crippen LogP contribution in [0, 0.1) is 0 Å². The average Bonchev–Trinajstić information content (AvgIpc) is 3.03. The lowest BCUT2D eigenvalue weighted by molar-refractivity contribution is -0.142. The van der Waals surface area contributed by atoms with E-state index in [-0.39, 0.29) is 12.4 Å². The van der Waals surface area contributed by atoms with Crippen molar-refractivity contribution < 1.29 is 23.4 Å². The molecule has 0 spiro atoms. The summed E-state index contributed by atoms with van der Waals surface area (Å²) < 4.78 is 22.9. The van der Waals surface area contributed by atoms with Gasteiger partial charge in [0.05, 0.1) is 26.4 Å².